The van der Waals surface area contributed by atoms with Crippen molar-refractivity contribution in [2.24, 2.45) is 0 Å². The second kappa shape index (κ2) is 11.2. The zero-order valence-corrected chi connectivity index (χ0v) is 28.5. The van der Waals surface area contributed by atoms with Crippen molar-refractivity contribution in [2.75, 3.05) is 14.7 Å². The third-order valence-corrected chi connectivity index (χ3v) is 11.7. The second-order valence-electron chi connectivity index (χ2n) is 13.3. The Morgan fingerprint density at radius 1 is 0.392 bits per heavy atom. The smallest absolute Gasteiger partial charge is 0.252 e. The van der Waals surface area contributed by atoms with Crippen LogP contribution in [0.5, 0.6) is 0 Å². The molecule has 0 atom stereocenters. The van der Waals surface area contributed by atoms with Crippen LogP contribution in [0.1, 0.15) is 0 Å². The molecule has 5 heteroatoms. The molecule has 0 bridgehead atoms. The van der Waals surface area contributed by atoms with Crippen molar-refractivity contribution in [1.82, 2.24) is 0 Å². The first kappa shape index (κ1) is 28.7. The predicted octanol–water partition coefficient (Wildman–Crippen LogP) is 10.9. The summed E-state index contributed by atoms with van der Waals surface area (Å²) in [5, 5.41) is 2.46. The van der Waals surface area contributed by atoms with Gasteiger partial charge in [-0.25, -0.2) is 0 Å². The molecule has 0 radical (unpaired) electrons. The minimum Gasteiger partial charge on any atom is -0.311 e. The maximum absolute atomic E-state index is 2.53. The summed E-state index contributed by atoms with van der Waals surface area (Å²) in [5.74, 6) is 0. The molecule has 0 spiro atoms. The van der Waals surface area contributed by atoms with Crippen LogP contribution in [0, 0.1) is 0 Å². The Balaban J connectivity index is 1.32. The van der Waals surface area contributed by atoms with Crippen LogP contribution < -0.4 is 31.1 Å². The van der Waals surface area contributed by atoms with Gasteiger partial charge in [0.15, 0.2) is 0 Å². The lowest BCUT2D eigenvalue weighted by Gasteiger charge is -2.47. The molecule has 0 saturated heterocycles. The minimum atomic E-state index is 0.0661. The Morgan fingerprint density at radius 3 is 1.69 bits per heavy atom. The zero-order chi connectivity index (χ0) is 33.5. The summed E-state index contributed by atoms with van der Waals surface area (Å²) in [7, 11) is 0. The Labute approximate surface area is 302 Å². The Kier molecular flexibility index (Phi) is 6.28. The van der Waals surface area contributed by atoms with Gasteiger partial charge in [-0.05, 0) is 82.4 Å². The van der Waals surface area contributed by atoms with E-state index in [2.05, 4.69) is 197 Å². The highest BCUT2D eigenvalue weighted by Crippen LogP contribution is 2.59. The van der Waals surface area contributed by atoms with Gasteiger partial charge in [0.25, 0.3) is 6.71 Å². The van der Waals surface area contributed by atoms with Gasteiger partial charge in [-0.1, -0.05) is 133 Å². The standard InChI is InChI=1S/C46H30BN3S/c1-3-18-32(19-4-1)48-38-25-11-9-23-35(38)47-36-24-10-12-26-39(36)49(33-20-5-2-6-21-33)45-44(47)41(48)30-42-46(45)51-43-29-14-13-27-40(43)50(42)37-28-15-17-31-16-7-8-22-34(31)37/h1-30H. The molecule has 51 heavy (non-hydrogen) atoms. The van der Waals surface area contributed by atoms with Crippen molar-refractivity contribution in [1.29, 1.82) is 0 Å². The second-order valence-corrected chi connectivity index (χ2v) is 14.4. The Bertz CT molecular complexity index is 2640. The van der Waals surface area contributed by atoms with Crippen LogP contribution in [0.25, 0.3) is 10.8 Å². The van der Waals surface area contributed by atoms with E-state index in [1.54, 1.807) is 0 Å². The molecular weight excluding hydrogens is 637 g/mol. The molecule has 3 heterocycles. The predicted molar refractivity (Wildman–Crippen MR) is 217 cm³/mol. The Hall–Kier alpha value is -6.17. The maximum Gasteiger partial charge on any atom is 0.252 e. The number of anilines is 9. The van der Waals surface area contributed by atoms with Gasteiger partial charge in [-0.2, -0.15) is 0 Å². The Morgan fingerprint density at radius 2 is 0.941 bits per heavy atom. The molecule has 238 valence electrons. The van der Waals surface area contributed by atoms with Gasteiger partial charge in [-0.15, -0.1) is 0 Å². The maximum atomic E-state index is 2.53. The highest BCUT2D eigenvalue weighted by Gasteiger charge is 2.46. The number of fused-ring (bicyclic) bond motifs is 8. The fourth-order valence-electron chi connectivity index (χ4n) is 8.53. The molecule has 0 saturated carbocycles. The first-order valence-electron chi connectivity index (χ1n) is 17.5. The molecule has 8 aromatic carbocycles. The van der Waals surface area contributed by atoms with E-state index >= 15 is 0 Å². The van der Waals surface area contributed by atoms with Gasteiger partial charge in [0.1, 0.15) is 0 Å². The van der Waals surface area contributed by atoms with Crippen LogP contribution in [0.4, 0.5) is 51.2 Å². The first-order valence-corrected chi connectivity index (χ1v) is 18.3. The molecule has 3 aliphatic rings. The summed E-state index contributed by atoms with van der Waals surface area (Å²) in [4.78, 5) is 10.0. The van der Waals surface area contributed by atoms with Crippen molar-refractivity contribution in [3.8, 4) is 0 Å². The zero-order valence-electron chi connectivity index (χ0n) is 27.6. The summed E-state index contributed by atoms with van der Waals surface area (Å²) < 4.78 is 0. The van der Waals surface area contributed by atoms with E-state index in [-0.39, 0.29) is 6.71 Å². The third kappa shape index (κ3) is 4.16. The van der Waals surface area contributed by atoms with Gasteiger partial charge in [0.2, 0.25) is 0 Å². The van der Waals surface area contributed by atoms with Crippen molar-refractivity contribution in [2.45, 2.75) is 9.79 Å². The number of para-hydroxylation sites is 5. The van der Waals surface area contributed by atoms with Gasteiger partial charge >= 0.3 is 0 Å². The molecule has 0 aromatic heterocycles. The minimum absolute atomic E-state index is 0.0661. The monoisotopic (exact) mass is 667 g/mol. The summed E-state index contributed by atoms with van der Waals surface area (Å²) in [5.41, 5.74) is 14.7. The van der Waals surface area contributed by atoms with Crippen molar-refractivity contribution in [3.05, 3.63) is 182 Å². The van der Waals surface area contributed by atoms with Crippen molar-refractivity contribution >= 4 is 96.8 Å². The van der Waals surface area contributed by atoms with E-state index in [0.29, 0.717) is 0 Å². The average Bonchev–Trinajstić information content (AvgIpc) is 3.20. The number of nitrogens with zero attached hydrogens (tertiary/aromatic N) is 3. The highest BCUT2D eigenvalue weighted by molar-refractivity contribution is 8.00. The molecule has 0 N–H and O–H groups in total. The summed E-state index contributed by atoms with van der Waals surface area (Å²) in [6.45, 7) is 0.0661. The number of hydrogen-bond donors (Lipinski definition) is 0. The van der Waals surface area contributed by atoms with Gasteiger partial charge in [0, 0.05) is 38.7 Å². The molecule has 0 aliphatic carbocycles. The van der Waals surface area contributed by atoms with E-state index in [0.717, 1.165) is 11.4 Å². The van der Waals surface area contributed by atoms with Crippen molar-refractivity contribution < 1.29 is 0 Å². The van der Waals surface area contributed by atoms with Crippen LogP contribution in [0.2, 0.25) is 0 Å². The molecule has 0 amide bonds. The third-order valence-electron chi connectivity index (χ3n) is 10.6. The summed E-state index contributed by atoms with van der Waals surface area (Å²) in [6, 6.07) is 66.6. The van der Waals surface area contributed by atoms with E-state index in [9.17, 15) is 0 Å². The van der Waals surface area contributed by atoms with Gasteiger partial charge in [0.05, 0.1) is 27.6 Å². The first-order chi connectivity index (χ1) is 25.3. The normalized spacial score (nSPS) is 13.6. The molecule has 0 unspecified atom stereocenters. The van der Waals surface area contributed by atoms with Crippen LogP contribution in [0.3, 0.4) is 0 Å². The van der Waals surface area contributed by atoms with E-state index < -0.39 is 0 Å². The van der Waals surface area contributed by atoms with Crippen LogP contribution >= 0.6 is 11.8 Å². The van der Waals surface area contributed by atoms with Crippen LogP contribution in [-0.4, -0.2) is 6.71 Å². The molecule has 8 aromatic rings. The van der Waals surface area contributed by atoms with E-state index in [1.807, 2.05) is 11.8 Å². The topological polar surface area (TPSA) is 9.72 Å². The highest BCUT2D eigenvalue weighted by atomic mass is 32.2. The number of benzene rings is 8. The number of rotatable bonds is 3. The van der Waals surface area contributed by atoms with Crippen molar-refractivity contribution in [3.63, 3.8) is 0 Å². The van der Waals surface area contributed by atoms with E-state index in [4.69, 9.17) is 0 Å². The van der Waals surface area contributed by atoms with Crippen LogP contribution in [-0.2, 0) is 0 Å². The van der Waals surface area contributed by atoms with Gasteiger partial charge < -0.3 is 14.7 Å². The quantitative estimate of drug-likeness (QED) is 0.173. The largest absolute Gasteiger partial charge is 0.311 e. The molecule has 3 aliphatic heterocycles. The molecular formula is C46H30BN3S. The lowest BCUT2D eigenvalue weighted by Crippen LogP contribution is -2.61. The molecule has 3 nitrogen and oxygen atoms in total. The fourth-order valence-corrected chi connectivity index (χ4v) is 9.71. The lowest BCUT2D eigenvalue weighted by molar-refractivity contribution is 1.14. The number of hydrogen-bond acceptors (Lipinski definition) is 4. The van der Waals surface area contributed by atoms with Gasteiger partial charge in [-0.3, -0.25) is 0 Å². The molecule has 0 fully saturated rings. The lowest BCUT2D eigenvalue weighted by atomic mass is 9.33. The van der Waals surface area contributed by atoms with Crippen LogP contribution in [0.15, 0.2) is 192 Å². The van der Waals surface area contributed by atoms with E-state index in [1.165, 1.54) is 76.8 Å². The fraction of sp³-hybridized carbons (Fsp3) is 0. The SMILES string of the molecule is c1ccc(N2c3ccccc3B3c4ccccc4N(c4ccccc4)c4c5c(cc2c43)N(c2cccc3ccccc23)c2ccccc2S5)cc1. The average molecular weight is 668 g/mol. The summed E-state index contributed by atoms with van der Waals surface area (Å²) >= 11 is 1.90. The summed E-state index contributed by atoms with van der Waals surface area (Å²) in [6.07, 6.45) is 0. The molecule has 11 rings (SSSR count).